The fourth-order valence-corrected chi connectivity index (χ4v) is 1.80. The number of ether oxygens (including phenoxy) is 4. The van der Waals surface area contributed by atoms with Crippen LogP contribution in [0.1, 0.15) is 19.8 Å². The van der Waals surface area contributed by atoms with Crippen molar-refractivity contribution < 1.29 is 28.8 Å². The second kappa shape index (κ2) is 7.60. The summed E-state index contributed by atoms with van der Waals surface area (Å²) in [6.45, 7) is 1.69. The molecule has 0 aliphatic carbocycles. The van der Waals surface area contributed by atoms with Crippen LogP contribution in [0.2, 0.25) is 0 Å². The van der Waals surface area contributed by atoms with E-state index in [9.17, 15) is 4.79 Å². The van der Waals surface area contributed by atoms with Crippen LogP contribution in [-0.2, 0) is 23.7 Å². The Morgan fingerprint density at radius 3 is 2.71 bits per heavy atom. The summed E-state index contributed by atoms with van der Waals surface area (Å²) in [7, 11) is 1.55. The lowest BCUT2D eigenvalue weighted by atomic mass is 10.0. The minimum absolute atomic E-state index is 0.0404. The van der Waals surface area contributed by atoms with Crippen molar-refractivity contribution in [3.63, 3.8) is 0 Å². The number of carbonyl (C=O) groups is 1. The molecule has 0 bridgehead atoms. The molecule has 6 heteroatoms. The zero-order valence-electron chi connectivity index (χ0n) is 10.3. The highest BCUT2D eigenvalue weighted by Crippen LogP contribution is 2.22. The maximum Gasteiger partial charge on any atom is 0.302 e. The third kappa shape index (κ3) is 5.45. The van der Waals surface area contributed by atoms with Crippen LogP contribution in [-0.4, -0.2) is 56.5 Å². The predicted molar refractivity (Wildman–Crippen MR) is 58.4 cm³/mol. The van der Waals surface area contributed by atoms with Crippen LogP contribution in [0.3, 0.4) is 0 Å². The summed E-state index contributed by atoms with van der Waals surface area (Å²) in [6.07, 6.45) is 0.711. The molecule has 1 saturated heterocycles. The lowest BCUT2D eigenvalue weighted by molar-refractivity contribution is -0.174. The Balaban J connectivity index is 2.39. The number of aliphatic hydroxyl groups excluding tert-OH is 1. The zero-order chi connectivity index (χ0) is 12.7. The van der Waals surface area contributed by atoms with Gasteiger partial charge in [0.1, 0.15) is 13.4 Å². The molecule has 1 heterocycles. The number of methoxy groups -OCH3 is 1. The van der Waals surface area contributed by atoms with Crippen molar-refractivity contribution in [3.05, 3.63) is 0 Å². The van der Waals surface area contributed by atoms with E-state index >= 15 is 0 Å². The van der Waals surface area contributed by atoms with Gasteiger partial charge in [-0.2, -0.15) is 0 Å². The first-order valence-electron chi connectivity index (χ1n) is 5.66. The molecular weight excluding hydrogens is 228 g/mol. The highest BCUT2D eigenvalue weighted by molar-refractivity contribution is 5.65. The second-order valence-electron chi connectivity index (χ2n) is 4.03. The summed E-state index contributed by atoms with van der Waals surface area (Å²) in [4.78, 5) is 10.7. The molecule has 1 aliphatic rings. The molecule has 0 saturated carbocycles. The Morgan fingerprint density at radius 1 is 1.41 bits per heavy atom. The molecule has 0 spiro atoms. The van der Waals surface area contributed by atoms with E-state index in [1.165, 1.54) is 6.92 Å². The largest absolute Gasteiger partial charge is 0.463 e. The first kappa shape index (κ1) is 14.4. The fourth-order valence-electron chi connectivity index (χ4n) is 1.80. The number of hydrogen-bond acceptors (Lipinski definition) is 6. The van der Waals surface area contributed by atoms with E-state index in [2.05, 4.69) is 0 Å². The Hall–Kier alpha value is -0.690. The number of carbonyl (C=O) groups excluding carboxylic acids is 1. The molecule has 6 nitrogen and oxygen atoms in total. The van der Waals surface area contributed by atoms with Gasteiger partial charge in [0.05, 0.1) is 24.9 Å². The van der Waals surface area contributed by atoms with Crippen molar-refractivity contribution in [1.82, 2.24) is 0 Å². The zero-order valence-corrected chi connectivity index (χ0v) is 10.3. The Labute approximate surface area is 101 Å². The average Bonchev–Trinajstić information content (AvgIpc) is 2.33. The van der Waals surface area contributed by atoms with Gasteiger partial charge in [0.2, 0.25) is 0 Å². The summed E-state index contributed by atoms with van der Waals surface area (Å²) in [5, 5.41) is 9.11. The predicted octanol–water partition coefficient (Wildman–Crippen LogP) is 0.0785. The number of rotatable bonds is 6. The van der Waals surface area contributed by atoms with Gasteiger partial charge in [-0.05, 0) is 0 Å². The molecule has 0 aromatic heterocycles. The Morgan fingerprint density at radius 2 is 2.12 bits per heavy atom. The van der Waals surface area contributed by atoms with Crippen LogP contribution < -0.4 is 0 Å². The summed E-state index contributed by atoms with van der Waals surface area (Å²) in [6, 6.07) is 0. The van der Waals surface area contributed by atoms with Crippen molar-refractivity contribution in [2.75, 3.05) is 27.1 Å². The van der Waals surface area contributed by atoms with Gasteiger partial charge in [0.15, 0.2) is 0 Å². The van der Waals surface area contributed by atoms with Gasteiger partial charge in [0, 0.05) is 26.9 Å². The van der Waals surface area contributed by atoms with Crippen LogP contribution in [0, 0.1) is 0 Å². The van der Waals surface area contributed by atoms with Crippen molar-refractivity contribution in [3.8, 4) is 0 Å². The molecular formula is C11H20O6. The molecule has 0 amide bonds. The summed E-state index contributed by atoms with van der Waals surface area (Å²) < 4.78 is 20.7. The summed E-state index contributed by atoms with van der Waals surface area (Å²) in [5.41, 5.74) is 0. The van der Waals surface area contributed by atoms with Gasteiger partial charge in [-0.15, -0.1) is 0 Å². The van der Waals surface area contributed by atoms with Gasteiger partial charge in [-0.25, -0.2) is 0 Å². The molecule has 1 aliphatic heterocycles. The molecule has 0 aromatic carbocycles. The Kier molecular flexibility index (Phi) is 6.43. The maximum absolute atomic E-state index is 10.7. The molecule has 1 fully saturated rings. The van der Waals surface area contributed by atoms with Crippen molar-refractivity contribution in [2.45, 2.75) is 38.1 Å². The van der Waals surface area contributed by atoms with Crippen molar-refractivity contribution >= 4 is 5.97 Å². The van der Waals surface area contributed by atoms with E-state index in [0.717, 1.165) is 0 Å². The smallest absolute Gasteiger partial charge is 0.302 e. The monoisotopic (exact) mass is 248 g/mol. The number of hydrogen-bond donors (Lipinski definition) is 1. The third-order valence-electron chi connectivity index (χ3n) is 2.53. The van der Waals surface area contributed by atoms with E-state index in [1.807, 2.05) is 0 Å². The van der Waals surface area contributed by atoms with E-state index in [0.29, 0.717) is 12.8 Å². The normalized spacial score (nSPS) is 29.0. The van der Waals surface area contributed by atoms with E-state index in [1.54, 1.807) is 7.11 Å². The topological polar surface area (TPSA) is 74.2 Å². The van der Waals surface area contributed by atoms with Crippen LogP contribution in [0.25, 0.3) is 0 Å². The first-order valence-corrected chi connectivity index (χ1v) is 5.66. The van der Waals surface area contributed by atoms with E-state index in [-0.39, 0.29) is 44.3 Å². The first-order chi connectivity index (χ1) is 8.15. The molecule has 100 valence electrons. The quantitative estimate of drug-likeness (QED) is 0.530. The van der Waals surface area contributed by atoms with E-state index in [4.69, 9.17) is 24.1 Å². The molecule has 0 radical (unpaired) electrons. The SMILES string of the molecule is COCO[C@H]1C[C@@H](CO)O[C@@H](COC(C)=O)C1. The van der Waals surface area contributed by atoms with Crippen LogP contribution in [0.5, 0.6) is 0 Å². The molecule has 3 atom stereocenters. The summed E-state index contributed by atoms with van der Waals surface area (Å²) in [5.74, 6) is -0.339. The second-order valence-corrected chi connectivity index (χ2v) is 4.03. The average molecular weight is 248 g/mol. The van der Waals surface area contributed by atoms with Crippen molar-refractivity contribution in [1.29, 1.82) is 0 Å². The van der Waals surface area contributed by atoms with Gasteiger partial charge < -0.3 is 24.1 Å². The minimum atomic E-state index is -0.339. The minimum Gasteiger partial charge on any atom is -0.463 e. The molecule has 1 rings (SSSR count). The fraction of sp³-hybridized carbons (Fsp3) is 0.909. The summed E-state index contributed by atoms with van der Waals surface area (Å²) >= 11 is 0. The molecule has 0 aromatic rings. The number of aliphatic hydroxyl groups is 1. The lowest BCUT2D eigenvalue weighted by Gasteiger charge is -2.34. The third-order valence-corrected chi connectivity index (χ3v) is 2.53. The van der Waals surface area contributed by atoms with Crippen LogP contribution in [0.15, 0.2) is 0 Å². The molecule has 1 N–H and O–H groups in total. The highest BCUT2D eigenvalue weighted by atomic mass is 16.7. The van der Waals surface area contributed by atoms with Crippen LogP contribution >= 0.6 is 0 Å². The Bertz CT molecular complexity index is 232. The standard InChI is InChI=1S/C11H20O6/c1-8(13)15-6-11-4-9(16-7-14-2)3-10(5-12)17-11/h9-12H,3-7H2,1-2H3/t9-,10-,11+/m0/s1. The maximum atomic E-state index is 10.7. The van der Waals surface area contributed by atoms with E-state index < -0.39 is 0 Å². The van der Waals surface area contributed by atoms with Gasteiger partial charge in [-0.3, -0.25) is 4.79 Å². The molecule has 0 unspecified atom stereocenters. The highest BCUT2D eigenvalue weighted by Gasteiger charge is 2.30. The lowest BCUT2D eigenvalue weighted by Crippen LogP contribution is -2.41. The molecule has 17 heavy (non-hydrogen) atoms. The van der Waals surface area contributed by atoms with Gasteiger partial charge >= 0.3 is 5.97 Å². The van der Waals surface area contributed by atoms with Crippen LogP contribution in [0.4, 0.5) is 0 Å². The van der Waals surface area contributed by atoms with Gasteiger partial charge in [-0.1, -0.05) is 0 Å². The number of esters is 1. The van der Waals surface area contributed by atoms with Gasteiger partial charge in [0.25, 0.3) is 0 Å². The van der Waals surface area contributed by atoms with Crippen molar-refractivity contribution in [2.24, 2.45) is 0 Å².